The summed E-state index contributed by atoms with van der Waals surface area (Å²) in [5.41, 5.74) is 0.870. The number of hydrogen-bond acceptors (Lipinski definition) is 4. The van der Waals surface area contributed by atoms with Crippen molar-refractivity contribution in [2.45, 2.75) is 24.8 Å². The van der Waals surface area contributed by atoms with E-state index in [0.29, 0.717) is 25.9 Å². The van der Waals surface area contributed by atoms with Crippen molar-refractivity contribution in [2.75, 3.05) is 18.8 Å². The Bertz CT molecular complexity index is 760. The predicted octanol–water partition coefficient (Wildman–Crippen LogP) is 0.543. The second-order valence-electron chi connectivity index (χ2n) is 6.02. The Hall–Kier alpha value is -2.00. The van der Waals surface area contributed by atoms with Crippen molar-refractivity contribution in [3.63, 3.8) is 0 Å². The van der Waals surface area contributed by atoms with Gasteiger partial charge in [0.05, 0.1) is 5.75 Å². The zero-order chi connectivity index (χ0) is 17.3. The third-order valence-electron chi connectivity index (χ3n) is 4.40. The fraction of sp³-hybridized carbons (Fsp3) is 0.467. The van der Waals surface area contributed by atoms with Gasteiger partial charge in [-0.05, 0) is 36.5 Å². The summed E-state index contributed by atoms with van der Waals surface area (Å²) in [6, 6.07) is 4.62. The molecular formula is C15H18FN3O4S. The molecule has 9 heteroatoms. The van der Waals surface area contributed by atoms with Crippen LogP contribution in [-0.2, 0) is 14.8 Å². The van der Waals surface area contributed by atoms with E-state index < -0.39 is 33.8 Å². The molecule has 24 heavy (non-hydrogen) atoms. The number of piperidine rings is 1. The third-order valence-corrected chi connectivity index (χ3v) is 6.31. The fourth-order valence-corrected chi connectivity index (χ4v) is 4.75. The number of amides is 3. The number of imide groups is 1. The smallest absolute Gasteiger partial charge is 0.322 e. The number of carbonyl (C=O) groups is 2. The van der Waals surface area contributed by atoms with Crippen LogP contribution in [0.25, 0.3) is 0 Å². The van der Waals surface area contributed by atoms with E-state index in [0.717, 1.165) is 5.56 Å². The first-order valence-electron chi connectivity index (χ1n) is 7.70. The van der Waals surface area contributed by atoms with Gasteiger partial charge in [-0.3, -0.25) is 10.1 Å². The van der Waals surface area contributed by atoms with Crippen LogP contribution in [0.2, 0.25) is 0 Å². The molecule has 2 N–H and O–H groups in total. The molecule has 1 aromatic carbocycles. The Morgan fingerprint density at radius 2 is 1.92 bits per heavy atom. The first-order valence-corrected chi connectivity index (χ1v) is 9.31. The Morgan fingerprint density at radius 3 is 2.50 bits per heavy atom. The van der Waals surface area contributed by atoms with Crippen molar-refractivity contribution in [1.82, 2.24) is 14.9 Å². The molecule has 1 unspecified atom stereocenters. The highest BCUT2D eigenvalue weighted by Gasteiger charge is 2.37. The van der Waals surface area contributed by atoms with Gasteiger partial charge < -0.3 is 5.32 Å². The van der Waals surface area contributed by atoms with Crippen molar-refractivity contribution < 1.29 is 22.4 Å². The molecule has 130 valence electrons. The molecule has 1 atom stereocenters. The fourth-order valence-electron chi connectivity index (χ4n) is 3.12. The second-order valence-corrected chi connectivity index (χ2v) is 8.04. The molecule has 2 saturated heterocycles. The highest BCUT2D eigenvalue weighted by Crippen LogP contribution is 2.29. The molecule has 2 aliphatic rings. The van der Waals surface area contributed by atoms with Gasteiger partial charge in [0.2, 0.25) is 10.0 Å². The molecule has 7 nitrogen and oxygen atoms in total. The highest BCUT2D eigenvalue weighted by atomic mass is 32.2. The minimum absolute atomic E-state index is 0.113. The summed E-state index contributed by atoms with van der Waals surface area (Å²) in [4.78, 5) is 22.6. The minimum atomic E-state index is -3.65. The van der Waals surface area contributed by atoms with Gasteiger partial charge in [0.15, 0.2) is 0 Å². The number of benzene rings is 1. The number of nitrogens with one attached hydrogen (secondary N) is 2. The second kappa shape index (κ2) is 6.48. The quantitative estimate of drug-likeness (QED) is 0.771. The van der Waals surface area contributed by atoms with E-state index >= 15 is 0 Å². The summed E-state index contributed by atoms with van der Waals surface area (Å²) in [6.07, 6.45) is 1.18. The lowest BCUT2D eigenvalue weighted by molar-refractivity contribution is -0.119. The SMILES string of the molecule is O=C1NC(=O)C(CS(=O)(=O)N2CCC(c3cccc(F)c3)CC2)N1. The summed E-state index contributed by atoms with van der Waals surface area (Å²) in [7, 11) is -3.65. The molecule has 0 spiro atoms. The molecule has 3 rings (SSSR count). The third kappa shape index (κ3) is 3.57. The number of carbonyl (C=O) groups excluding carboxylic acids is 2. The summed E-state index contributed by atoms with van der Waals surface area (Å²) < 4.78 is 39.5. The van der Waals surface area contributed by atoms with E-state index in [9.17, 15) is 22.4 Å². The molecule has 0 aromatic heterocycles. The van der Waals surface area contributed by atoms with E-state index in [2.05, 4.69) is 5.32 Å². The standard InChI is InChI=1S/C15H18FN3O4S/c16-12-3-1-2-11(8-12)10-4-6-19(7-5-10)24(22,23)9-13-14(20)18-15(21)17-13/h1-3,8,10,13H,4-7,9H2,(H2,17,18,20,21). The van der Waals surface area contributed by atoms with E-state index in [1.54, 1.807) is 6.07 Å². The van der Waals surface area contributed by atoms with Gasteiger partial charge in [0, 0.05) is 13.1 Å². The summed E-state index contributed by atoms with van der Waals surface area (Å²) >= 11 is 0. The number of rotatable bonds is 4. The molecule has 2 heterocycles. The van der Waals surface area contributed by atoms with Gasteiger partial charge in [-0.15, -0.1) is 0 Å². The number of urea groups is 1. The van der Waals surface area contributed by atoms with Crippen LogP contribution in [0.15, 0.2) is 24.3 Å². The predicted molar refractivity (Wildman–Crippen MR) is 84.2 cm³/mol. The van der Waals surface area contributed by atoms with Crippen LogP contribution in [-0.4, -0.2) is 49.5 Å². The van der Waals surface area contributed by atoms with Crippen LogP contribution in [0, 0.1) is 5.82 Å². The summed E-state index contributed by atoms with van der Waals surface area (Å²) in [5.74, 6) is -1.26. The van der Waals surface area contributed by atoms with E-state index in [1.165, 1.54) is 16.4 Å². The van der Waals surface area contributed by atoms with Crippen molar-refractivity contribution in [3.05, 3.63) is 35.6 Å². The Morgan fingerprint density at radius 1 is 1.21 bits per heavy atom. The van der Waals surface area contributed by atoms with Crippen LogP contribution >= 0.6 is 0 Å². The monoisotopic (exact) mass is 355 g/mol. The maximum Gasteiger partial charge on any atom is 0.322 e. The van der Waals surface area contributed by atoms with Gasteiger partial charge in [-0.25, -0.2) is 21.9 Å². The molecule has 3 amide bonds. The lowest BCUT2D eigenvalue weighted by Crippen LogP contribution is -2.45. The minimum Gasteiger partial charge on any atom is -0.325 e. The van der Waals surface area contributed by atoms with Crippen LogP contribution in [0.3, 0.4) is 0 Å². The van der Waals surface area contributed by atoms with Crippen molar-refractivity contribution >= 4 is 22.0 Å². The largest absolute Gasteiger partial charge is 0.325 e. The van der Waals surface area contributed by atoms with Crippen molar-refractivity contribution in [2.24, 2.45) is 0 Å². The normalized spacial score (nSPS) is 23.1. The zero-order valence-electron chi connectivity index (χ0n) is 12.9. The van der Waals surface area contributed by atoms with Gasteiger partial charge in [-0.2, -0.15) is 0 Å². The van der Waals surface area contributed by atoms with Crippen LogP contribution in [0.1, 0.15) is 24.3 Å². The average Bonchev–Trinajstić information content (AvgIpc) is 2.84. The molecule has 2 aliphatic heterocycles. The molecule has 1 aromatic rings. The maximum absolute atomic E-state index is 13.3. The van der Waals surface area contributed by atoms with Crippen LogP contribution in [0.4, 0.5) is 9.18 Å². The van der Waals surface area contributed by atoms with Gasteiger partial charge in [0.25, 0.3) is 5.91 Å². The molecule has 0 aliphatic carbocycles. The molecular weight excluding hydrogens is 337 g/mol. The Kier molecular flexibility index (Phi) is 4.55. The van der Waals surface area contributed by atoms with Gasteiger partial charge in [-0.1, -0.05) is 12.1 Å². The number of sulfonamides is 1. The lowest BCUT2D eigenvalue weighted by atomic mass is 9.90. The first-order chi connectivity index (χ1) is 11.3. The number of halogens is 1. The van der Waals surface area contributed by atoms with Crippen molar-refractivity contribution in [1.29, 1.82) is 0 Å². The number of nitrogens with zero attached hydrogens (tertiary/aromatic N) is 1. The number of hydrogen-bond donors (Lipinski definition) is 2. The van der Waals surface area contributed by atoms with Gasteiger partial charge in [0.1, 0.15) is 11.9 Å². The Labute approximate surface area is 139 Å². The lowest BCUT2D eigenvalue weighted by Gasteiger charge is -2.31. The van der Waals surface area contributed by atoms with Crippen LogP contribution in [0.5, 0.6) is 0 Å². The molecule has 0 bridgehead atoms. The maximum atomic E-state index is 13.3. The van der Waals surface area contributed by atoms with Crippen molar-refractivity contribution in [3.8, 4) is 0 Å². The molecule has 0 radical (unpaired) electrons. The van der Waals surface area contributed by atoms with E-state index in [4.69, 9.17) is 0 Å². The average molecular weight is 355 g/mol. The first kappa shape index (κ1) is 16.8. The summed E-state index contributed by atoms with van der Waals surface area (Å²) in [6.45, 7) is 0.623. The summed E-state index contributed by atoms with van der Waals surface area (Å²) in [5, 5.41) is 4.31. The van der Waals surface area contributed by atoms with Crippen LogP contribution < -0.4 is 10.6 Å². The zero-order valence-corrected chi connectivity index (χ0v) is 13.7. The van der Waals surface area contributed by atoms with Gasteiger partial charge >= 0.3 is 6.03 Å². The highest BCUT2D eigenvalue weighted by molar-refractivity contribution is 7.89. The van der Waals surface area contributed by atoms with E-state index in [1.807, 2.05) is 11.4 Å². The molecule has 2 fully saturated rings. The topological polar surface area (TPSA) is 95.6 Å². The van der Waals surface area contributed by atoms with E-state index in [-0.39, 0.29) is 11.7 Å². The Balaban J connectivity index is 1.61. The molecule has 0 saturated carbocycles.